The first-order valence-electron chi connectivity index (χ1n) is 3.75. The van der Waals surface area contributed by atoms with E-state index in [0.717, 1.165) is 5.56 Å². The molecule has 0 spiro atoms. The van der Waals surface area contributed by atoms with E-state index in [0.29, 0.717) is 11.4 Å². The average molecular weight is 187 g/mol. The molecule has 0 saturated carbocycles. The van der Waals surface area contributed by atoms with E-state index < -0.39 is 6.10 Å². The summed E-state index contributed by atoms with van der Waals surface area (Å²) in [6, 6.07) is 4.88. The van der Waals surface area contributed by atoms with Crippen LogP contribution in [-0.4, -0.2) is 16.3 Å². The Kier molecular flexibility index (Phi) is 2.95. The smallest absolute Gasteiger partial charge is 0.120 e. The normalized spacial score (nSPS) is 12.9. The molecule has 12 heavy (non-hydrogen) atoms. The fraction of sp³-hybridized carbons (Fsp3) is 0.333. The van der Waals surface area contributed by atoms with Crippen molar-refractivity contribution in [3.05, 3.63) is 28.8 Å². The van der Waals surface area contributed by atoms with Crippen LogP contribution < -0.4 is 0 Å². The maximum Gasteiger partial charge on any atom is 0.120 e. The fourth-order valence-electron chi connectivity index (χ4n) is 1.03. The van der Waals surface area contributed by atoms with E-state index in [1.807, 2.05) is 0 Å². The second-order valence-electron chi connectivity index (χ2n) is 2.83. The summed E-state index contributed by atoms with van der Waals surface area (Å²) >= 11 is 5.63. The molecule has 1 unspecified atom stereocenters. The van der Waals surface area contributed by atoms with Crippen LogP contribution in [0.4, 0.5) is 0 Å². The Hall–Kier alpha value is -0.730. The van der Waals surface area contributed by atoms with Crippen LogP contribution in [0.2, 0.25) is 5.02 Å². The lowest BCUT2D eigenvalue weighted by molar-refractivity contribution is 0.194. The minimum Gasteiger partial charge on any atom is -0.508 e. The SMILES string of the molecule is CC(O)Cc1ccc(Cl)cc1O. The highest BCUT2D eigenvalue weighted by Gasteiger charge is 2.04. The van der Waals surface area contributed by atoms with Crippen LogP contribution >= 0.6 is 11.6 Å². The van der Waals surface area contributed by atoms with Gasteiger partial charge in [-0.2, -0.15) is 0 Å². The Balaban J connectivity index is 2.86. The molecule has 0 aliphatic carbocycles. The molecular weight excluding hydrogens is 176 g/mol. The van der Waals surface area contributed by atoms with E-state index in [1.54, 1.807) is 19.1 Å². The zero-order chi connectivity index (χ0) is 9.14. The molecule has 0 saturated heterocycles. The molecule has 0 radical (unpaired) electrons. The highest BCUT2D eigenvalue weighted by atomic mass is 35.5. The molecule has 0 heterocycles. The molecule has 0 bridgehead atoms. The van der Waals surface area contributed by atoms with Crippen LogP contribution in [0.25, 0.3) is 0 Å². The van der Waals surface area contributed by atoms with E-state index in [9.17, 15) is 5.11 Å². The van der Waals surface area contributed by atoms with Gasteiger partial charge in [0.2, 0.25) is 0 Å². The predicted octanol–water partition coefficient (Wildman–Crippen LogP) is 1.97. The molecule has 1 aromatic carbocycles. The number of phenols is 1. The lowest BCUT2D eigenvalue weighted by atomic mass is 10.1. The zero-order valence-corrected chi connectivity index (χ0v) is 7.54. The number of aliphatic hydroxyl groups excluding tert-OH is 1. The molecule has 3 heteroatoms. The lowest BCUT2D eigenvalue weighted by Gasteiger charge is -2.06. The van der Waals surface area contributed by atoms with Crippen LogP contribution in [0.1, 0.15) is 12.5 Å². The van der Waals surface area contributed by atoms with Gasteiger partial charge < -0.3 is 10.2 Å². The average Bonchev–Trinajstić information content (AvgIpc) is 1.94. The maximum absolute atomic E-state index is 9.34. The number of aliphatic hydroxyl groups is 1. The highest BCUT2D eigenvalue weighted by molar-refractivity contribution is 6.30. The number of hydrogen-bond donors (Lipinski definition) is 2. The summed E-state index contributed by atoms with van der Waals surface area (Å²) in [7, 11) is 0. The Bertz CT molecular complexity index is 271. The third-order valence-electron chi connectivity index (χ3n) is 1.56. The number of rotatable bonds is 2. The number of aromatic hydroxyl groups is 1. The Morgan fingerprint density at radius 2 is 2.17 bits per heavy atom. The summed E-state index contributed by atoms with van der Waals surface area (Å²) in [5, 5.41) is 18.9. The third kappa shape index (κ3) is 2.40. The van der Waals surface area contributed by atoms with Crippen molar-refractivity contribution in [1.29, 1.82) is 0 Å². The van der Waals surface area contributed by atoms with Crippen molar-refractivity contribution in [3.63, 3.8) is 0 Å². The molecule has 2 nitrogen and oxygen atoms in total. The third-order valence-corrected chi connectivity index (χ3v) is 1.80. The quantitative estimate of drug-likeness (QED) is 0.742. The van der Waals surface area contributed by atoms with Gasteiger partial charge in [-0.15, -0.1) is 0 Å². The van der Waals surface area contributed by atoms with Crippen molar-refractivity contribution in [2.24, 2.45) is 0 Å². The summed E-state index contributed by atoms with van der Waals surface area (Å²) < 4.78 is 0. The number of phenolic OH excluding ortho intramolecular Hbond substituents is 1. The minimum atomic E-state index is -0.447. The molecule has 0 aromatic heterocycles. The van der Waals surface area contributed by atoms with Crippen LogP contribution in [-0.2, 0) is 6.42 Å². The summed E-state index contributed by atoms with van der Waals surface area (Å²) in [6.07, 6.45) is 0.000271. The molecule has 2 N–H and O–H groups in total. The topological polar surface area (TPSA) is 40.5 Å². The van der Waals surface area contributed by atoms with Crippen molar-refractivity contribution in [1.82, 2.24) is 0 Å². The maximum atomic E-state index is 9.34. The molecule has 66 valence electrons. The zero-order valence-electron chi connectivity index (χ0n) is 6.79. The van der Waals surface area contributed by atoms with Gasteiger partial charge in [-0.3, -0.25) is 0 Å². The minimum absolute atomic E-state index is 0.142. The van der Waals surface area contributed by atoms with Crippen LogP contribution in [0.3, 0.4) is 0 Å². The van der Waals surface area contributed by atoms with Gasteiger partial charge in [0.05, 0.1) is 6.10 Å². The number of hydrogen-bond acceptors (Lipinski definition) is 2. The summed E-state index contributed by atoms with van der Waals surface area (Å²) in [6.45, 7) is 1.67. The van der Waals surface area contributed by atoms with E-state index >= 15 is 0 Å². The van der Waals surface area contributed by atoms with Gasteiger partial charge in [-0.1, -0.05) is 17.7 Å². The largest absolute Gasteiger partial charge is 0.508 e. The van der Waals surface area contributed by atoms with Crippen LogP contribution in [0.5, 0.6) is 5.75 Å². The second kappa shape index (κ2) is 3.78. The van der Waals surface area contributed by atoms with Crippen LogP contribution in [0, 0.1) is 0 Å². The Labute approximate surface area is 76.4 Å². The molecule has 0 aliphatic heterocycles. The summed E-state index contributed by atoms with van der Waals surface area (Å²) in [5.41, 5.74) is 0.717. The number of benzene rings is 1. The lowest BCUT2D eigenvalue weighted by Crippen LogP contribution is -2.03. The first kappa shape index (κ1) is 9.36. The van der Waals surface area contributed by atoms with Gasteiger partial charge in [-0.25, -0.2) is 0 Å². The van der Waals surface area contributed by atoms with Gasteiger partial charge in [-0.05, 0) is 24.6 Å². The molecule has 0 fully saturated rings. The van der Waals surface area contributed by atoms with Crippen molar-refractivity contribution in [2.45, 2.75) is 19.4 Å². The van der Waals surface area contributed by atoms with Crippen molar-refractivity contribution in [2.75, 3.05) is 0 Å². The van der Waals surface area contributed by atoms with E-state index in [-0.39, 0.29) is 5.75 Å². The van der Waals surface area contributed by atoms with Gasteiger partial charge in [0.1, 0.15) is 5.75 Å². The predicted molar refractivity (Wildman–Crippen MR) is 48.5 cm³/mol. The second-order valence-corrected chi connectivity index (χ2v) is 3.26. The van der Waals surface area contributed by atoms with Crippen molar-refractivity contribution >= 4 is 11.6 Å². The molecule has 1 atom stereocenters. The first-order chi connectivity index (χ1) is 5.59. The molecule has 1 aromatic rings. The Morgan fingerprint density at radius 3 is 2.67 bits per heavy atom. The Morgan fingerprint density at radius 1 is 1.50 bits per heavy atom. The van der Waals surface area contributed by atoms with E-state index in [2.05, 4.69) is 0 Å². The first-order valence-corrected chi connectivity index (χ1v) is 4.13. The summed E-state index contributed by atoms with van der Waals surface area (Å²) in [5.74, 6) is 0.142. The van der Waals surface area contributed by atoms with Gasteiger partial charge in [0.15, 0.2) is 0 Å². The van der Waals surface area contributed by atoms with Crippen molar-refractivity contribution in [3.8, 4) is 5.75 Å². The van der Waals surface area contributed by atoms with Gasteiger partial charge in [0, 0.05) is 11.4 Å². The molecular formula is C9H11ClO2. The van der Waals surface area contributed by atoms with E-state index in [1.165, 1.54) is 6.07 Å². The standard InChI is InChI=1S/C9H11ClO2/c1-6(11)4-7-2-3-8(10)5-9(7)12/h2-3,5-6,11-12H,4H2,1H3. The molecule has 1 rings (SSSR count). The van der Waals surface area contributed by atoms with Crippen LogP contribution in [0.15, 0.2) is 18.2 Å². The summed E-state index contributed by atoms with van der Waals surface area (Å²) in [4.78, 5) is 0. The van der Waals surface area contributed by atoms with E-state index in [4.69, 9.17) is 16.7 Å². The fourth-order valence-corrected chi connectivity index (χ4v) is 1.19. The van der Waals surface area contributed by atoms with Gasteiger partial charge >= 0.3 is 0 Å². The number of halogens is 1. The van der Waals surface area contributed by atoms with Crippen molar-refractivity contribution < 1.29 is 10.2 Å². The molecule has 0 aliphatic rings. The monoisotopic (exact) mass is 186 g/mol. The van der Waals surface area contributed by atoms with Gasteiger partial charge in [0.25, 0.3) is 0 Å². The molecule has 0 amide bonds. The highest BCUT2D eigenvalue weighted by Crippen LogP contribution is 2.22.